The molecule has 0 radical (unpaired) electrons. The van der Waals surface area contributed by atoms with Gasteiger partial charge >= 0.3 is 0 Å². The lowest BCUT2D eigenvalue weighted by molar-refractivity contribution is 0.0770. The molecule has 0 unspecified atom stereocenters. The van der Waals surface area contributed by atoms with Gasteiger partial charge in [0.25, 0.3) is 5.91 Å². The van der Waals surface area contributed by atoms with Gasteiger partial charge in [-0.15, -0.1) is 0 Å². The summed E-state index contributed by atoms with van der Waals surface area (Å²) >= 11 is 0. The quantitative estimate of drug-likeness (QED) is 0.816. The number of benzene rings is 1. The summed E-state index contributed by atoms with van der Waals surface area (Å²) < 4.78 is 33.0. The Labute approximate surface area is 118 Å². The Hall–Kier alpha value is -1.76. The third-order valence-electron chi connectivity index (χ3n) is 3.26. The molecule has 1 aromatic rings. The van der Waals surface area contributed by atoms with E-state index in [1.807, 2.05) is 0 Å². The highest BCUT2D eigenvalue weighted by Gasteiger charge is 2.26. The second-order valence-corrected chi connectivity index (χ2v) is 6.82. The molecular formula is C13H17NO5S. The van der Waals surface area contributed by atoms with Crippen LogP contribution in [0.4, 0.5) is 0 Å². The van der Waals surface area contributed by atoms with Crippen LogP contribution in [0.2, 0.25) is 0 Å². The van der Waals surface area contributed by atoms with E-state index in [1.165, 1.54) is 14.2 Å². The number of sulfone groups is 1. The first-order chi connectivity index (χ1) is 9.46. The molecule has 0 aliphatic carbocycles. The monoisotopic (exact) mass is 299 g/mol. The van der Waals surface area contributed by atoms with Crippen molar-refractivity contribution in [1.82, 2.24) is 4.90 Å². The fraction of sp³-hybridized carbons (Fsp3) is 0.462. The summed E-state index contributed by atoms with van der Waals surface area (Å²) in [5, 5.41) is 0. The zero-order chi connectivity index (χ0) is 14.8. The first-order valence-corrected chi connectivity index (χ1v) is 8.01. The third-order valence-corrected chi connectivity index (χ3v) is 4.87. The molecule has 0 atom stereocenters. The van der Waals surface area contributed by atoms with Gasteiger partial charge in [-0.1, -0.05) is 0 Å². The minimum absolute atomic E-state index is 0.0199. The largest absolute Gasteiger partial charge is 0.493 e. The van der Waals surface area contributed by atoms with Crippen molar-refractivity contribution in [1.29, 1.82) is 0 Å². The number of rotatable bonds is 3. The van der Waals surface area contributed by atoms with Gasteiger partial charge in [-0.05, 0) is 18.2 Å². The Morgan fingerprint density at radius 3 is 2.25 bits per heavy atom. The lowest BCUT2D eigenvalue weighted by Crippen LogP contribution is -2.43. The minimum atomic E-state index is -2.99. The highest BCUT2D eigenvalue weighted by molar-refractivity contribution is 7.91. The average Bonchev–Trinajstić information content (AvgIpc) is 2.45. The Morgan fingerprint density at radius 2 is 1.70 bits per heavy atom. The molecule has 1 saturated heterocycles. The number of ether oxygens (including phenoxy) is 2. The van der Waals surface area contributed by atoms with Gasteiger partial charge in [0, 0.05) is 18.7 Å². The highest BCUT2D eigenvalue weighted by atomic mass is 32.2. The van der Waals surface area contributed by atoms with Crippen molar-refractivity contribution in [3.63, 3.8) is 0 Å². The van der Waals surface area contributed by atoms with Crippen LogP contribution in [0.3, 0.4) is 0 Å². The first kappa shape index (κ1) is 14.6. The lowest BCUT2D eigenvalue weighted by atomic mass is 10.1. The van der Waals surface area contributed by atoms with Crippen molar-refractivity contribution in [2.24, 2.45) is 0 Å². The van der Waals surface area contributed by atoms with Gasteiger partial charge in [0.1, 0.15) is 0 Å². The molecule has 2 rings (SSSR count). The zero-order valence-corrected chi connectivity index (χ0v) is 12.3. The first-order valence-electron chi connectivity index (χ1n) is 6.18. The van der Waals surface area contributed by atoms with Gasteiger partial charge in [0.15, 0.2) is 21.3 Å². The molecule has 0 saturated carbocycles. The van der Waals surface area contributed by atoms with Crippen LogP contribution >= 0.6 is 0 Å². The Balaban J connectivity index is 2.17. The molecule has 1 aliphatic rings. The molecule has 6 nitrogen and oxygen atoms in total. The molecule has 1 heterocycles. The van der Waals surface area contributed by atoms with Crippen molar-refractivity contribution in [2.45, 2.75) is 0 Å². The van der Waals surface area contributed by atoms with Gasteiger partial charge in [-0.25, -0.2) is 8.42 Å². The number of nitrogens with zero attached hydrogens (tertiary/aromatic N) is 1. The van der Waals surface area contributed by atoms with Gasteiger partial charge < -0.3 is 14.4 Å². The molecule has 7 heteroatoms. The van der Waals surface area contributed by atoms with Crippen LogP contribution in [0, 0.1) is 0 Å². The predicted molar refractivity (Wildman–Crippen MR) is 74.1 cm³/mol. The summed E-state index contributed by atoms with van der Waals surface area (Å²) in [6, 6.07) is 4.91. The van der Waals surface area contributed by atoms with Crippen molar-refractivity contribution in [2.75, 3.05) is 38.8 Å². The average molecular weight is 299 g/mol. The van der Waals surface area contributed by atoms with Crippen LogP contribution in [0.5, 0.6) is 11.5 Å². The molecular weight excluding hydrogens is 282 g/mol. The third kappa shape index (κ3) is 3.04. The fourth-order valence-electron chi connectivity index (χ4n) is 2.07. The molecule has 1 amide bonds. The van der Waals surface area contributed by atoms with E-state index < -0.39 is 9.84 Å². The second kappa shape index (κ2) is 5.70. The molecule has 0 spiro atoms. The molecule has 1 fully saturated rings. The summed E-state index contributed by atoms with van der Waals surface area (Å²) in [6.07, 6.45) is 0. The van der Waals surface area contributed by atoms with E-state index >= 15 is 0 Å². The maximum Gasteiger partial charge on any atom is 0.254 e. The Kier molecular flexibility index (Phi) is 4.17. The normalized spacial score (nSPS) is 17.6. The Bertz CT molecular complexity index is 597. The van der Waals surface area contributed by atoms with Gasteiger partial charge in [0.2, 0.25) is 0 Å². The van der Waals surface area contributed by atoms with Crippen LogP contribution in [0.15, 0.2) is 18.2 Å². The second-order valence-electron chi connectivity index (χ2n) is 4.51. The topological polar surface area (TPSA) is 72.9 Å². The van der Waals surface area contributed by atoms with Crippen molar-refractivity contribution >= 4 is 15.7 Å². The van der Waals surface area contributed by atoms with Gasteiger partial charge in [-0.3, -0.25) is 4.79 Å². The van der Waals surface area contributed by atoms with E-state index in [2.05, 4.69) is 0 Å². The molecule has 20 heavy (non-hydrogen) atoms. The minimum Gasteiger partial charge on any atom is -0.493 e. The van der Waals surface area contributed by atoms with E-state index in [0.29, 0.717) is 17.1 Å². The van der Waals surface area contributed by atoms with Gasteiger partial charge in [0.05, 0.1) is 25.7 Å². The number of methoxy groups -OCH3 is 2. The SMILES string of the molecule is COc1ccc(C(=O)N2CCS(=O)(=O)CC2)cc1OC. The number of carbonyl (C=O) groups is 1. The van der Waals surface area contributed by atoms with Crippen molar-refractivity contribution < 1.29 is 22.7 Å². The maximum atomic E-state index is 12.3. The van der Waals surface area contributed by atoms with E-state index in [0.717, 1.165) is 0 Å². The molecule has 0 aromatic heterocycles. The summed E-state index contributed by atoms with van der Waals surface area (Å²) in [5.74, 6) is 0.868. The smallest absolute Gasteiger partial charge is 0.254 e. The van der Waals surface area contributed by atoms with Crippen LogP contribution in [0.25, 0.3) is 0 Å². The van der Waals surface area contributed by atoms with Crippen molar-refractivity contribution in [3.8, 4) is 11.5 Å². The number of amides is 1. The molecule has 1 aromatic carbocycles. The van der Waals surface area contributed by atoms with Gasteiger partial charge in [-0.2, -0.15) is 0 Å². The maximum absolute atomic E-state index is 12.3. The molecule has 0 N–H and O–H groups in total. The number of hydrogen-bond donors (Lipinski definition) is 0. The fourth-order valence-corrected chi connectivity index (χ4v) is 3.27. The standard InChI is InChI=1S/C13H17NO5S/c1-18-11-4-3-10(9-12(11)19-2)13(15)14-5-7-20(16,17)8-6-14/h3-4,9H,5-8H2,1-2H3. The summed E-state index contributed by atoms with van der Waals surface area (Å²) in [5.41, 5.74) is 0.460. The Morgan fingerprint density at radius 1 is 1.10 bits per heavy atom. The molecule has 110 valence electrons. The van der Waals surface area contributed by atoms with E-state index in [1.54, 1.807) is 23.1 Å². The van der Waals surface area contributed by atoms with Crippen LogP contribution in [-0.2, 0) is 9.84 Å². The summed E-state index contributed by atoms with van der Waals surface area (Å²) in [7, 11) is 0.0288. The van der Waals surface area contributed by atoms with Crippen LogP contribution in [0.1, 0.15) is 10.4 Å². The molecule has 1 aliphatic heterocycles. The van der Waals surface area contributed by atoms with E-state index in [9.17, 15) is 13.2 Å². The van der Waals surface area contributed by atoms with Crippen molar-refractivity contribution in [3.05, 3.63) is 23.8 Å². The summed E-state index contributed by atoms with van der Waals surface area (Å²) in [6.45, 7) is 0.463. The number of carbonyl (C=O) groups excluding carboxylic acids is 1. The molecule has 0 bridgehead atoms. The summed E-state index contributed by atoms with van der Waals surface area (Å²) in [4.78, 5) is 13.9. The van der Waals surface area contributed by atoms with E-state index in [-0.39, 0.29) is 30.5 Å². The number of hydrogen-bond acceptors (Lipinski definition) is 5. The highest BCUT2D eigenvalue weighted by Crippen LogP contribution is 2.28. The lowest BCUT2D eigenvalue weighted by Gasteiger charge is -2.27. The van der Waals surface area contributed by atoms with Crippen LogP contribution < -0.4 is 9.47 Å². The van der Waals surface area contributed by atoms with E-state index in [4.69, 9.17) is 9.47 Å². The predicted octanol–water partition coefficient (Wildman–Crippen LogP) is 0.574. The van der Waals surface area contributed by atoms with Crippen LogP contribution in [-0.4, -0.2) is 58.0 Å². The zero-order valence-electron chi connectivity index (χ0n) is 11.5.